The third-order valence-electron chi connectivity index (χ3n) is 3.32. The van der Waals surface area contributed by atoms with Crippen LogP contribution in [0, 0.1) is 17.3 Å². The Bertz CT molecular complexity index is 212. The lowest BCUT2D eigenvalue weighted by atomic mass is 10.0. The average Bonchev–Trinajstić information content (AvgIpc) is 2.34. The van der Waals surface area contributed by atoms with Crippen LogP contribution in [-0.2, 0) is 4.79 Å². The molecular formula is C8H13NO2. The van der Waals surface area contributed by atoms with E-state index in [1.807, 2.05) is 0 Å². The molecule has 1 aliphatic carbocycles. The highest BCUT2D eigenvalue weighted by atomic mass is 16.4. The Morgan fingerprint density at radius 1 is 1.64 bits per heavy atom. The highest BCUT2D eigenvalue weighted by Crippen LogP contribution is 2.62. The first kappa shape index (κ1) is 7.10. The molecule has 0 aromatic carbocycles. The third-order valence-corrected chi connectivity index (χ3v) is 3.32. The molecule has 0 aromatic rings. The number of piperidine rings is 1. The van der Waals surface area contributed by atoms with Crippen molar-refractivity contribution in [2.24, 2.45) is 17.3 Å². The molecule has 2 N–H and O–H groups in total. The molecule has 0 aromatic heterocycles. The predicted octanol–water partition coefficient (Wildman–Crippen LogP) is 0.315. The summed E-state index contributed by atoms with van der Waals surface area (Å²) >= 11 is 0. The molecular weight excluding hydrogens is 142 g/mol. The fourth-order valence-electron chi connectivity index (χ4n) is 2.46. The van der Waals surface area contributed by atoms with Crippen molar-refractivity contribution in [2.75, 3.05) is 6.54 Å². The van der Waals surface area contributed by atoms with E-state index in [-0.39, 0.29) is 11.5 Å². The van der Waals surface area contributed by atoms with Gasteiger partial charge in [-0.1, -0.05) is 13.8 Å². The lowest BCUT2D eigenvalue weighted by Crippen LogP contribution is -2.37. The number of rotatable bonds is 1. The van der Waals surface area contributed by atoms with Crippen molar-refractivity contribution in [1.29, 1.82) is 0 Å². The van der Waals surface area contributed by atoms with Crippen LogP contribution in [0.25, 0.3) is 0 Å². The Balaban J connectivity index is 2.13. The van der Waals surface area contributed by atoms with Gasteiger partial charge in [0.2, 0.25) is 0 Å². The van der Waals surface area contributed by atoms with Crippen LogP contribution in [0.5, 0.6) is 0 Å². The first-order valence-corrected chi connectivity index (χ1v) is 4.01. The molecule has 62 valence electrons. The molecule has 11 heavy (non-hydrogen) atoms. The van der Waals surface area contributed by atoms with Gasteiger partial charge >= 0.3 is 5.97 Å². The molecule has 0 radical (unpaired) electrons. The van der Waals surface area contributed by atoms with Gasteiger partial charge in [0.05, 0.1) is 0 Å². The molecule has 1 saturated carbocycles. The molecule has 2 fully saturated rings. The Hall–Kier alpha value is -0.570. The maximum atomic E-state index is 10.7. The Kier molecular flexibility index (Phi) is 1.15. The van der Waals surface area contributed by atoms with Crippen molar-refractivity contribution in [3.63, 3.8) is 0 Å². The van der Waals surface area contributed by atoms with Crippen molar-refractivity contribution in [3.8, 4) is 0 Å². The molecule has 1 heterocycles. The molecule has 1 saturated heterocycles. The summed E-state index contributed by atoms with van der Waals surface area (Å²) in [5, 5.41) is 11.8. The van der Waals surface area contributed by atoms with Gasteiger partial charge in [0, 0.05) is 0 Å². The maximum Gasteiger partial charge on any atom is 0.321 e. The van der Waals surface area contributed by atoms with E-state index in [0.29, 0.717) is 11.8 Å². The molecule has 1 aliphatic heterocycles. The molecule has 0 spiro atoms. The summed E-state index contributed by atoms with van der Waals surface area (Å²) in [5.41, 5.74) is 0.272. The smallest absolute Gasteiger partial charge is 0.321 e. The summed E-state index contributed by atoms with van der Waals surface area (Å²) in [6.07, 6.45) is 0. The Morgan fingerprint density at radius 3 is 2.55 bits per heavy atom. The molecule has 3 heteroatoms. The zero-order chi connectivity index (χ0) is 8.22. The zero-order valence-corrected chi connectivity index (χ0v) is 6.79. The van der Waals surface area contributed by atoms with Gasteiger partial charge in [-0.15, -0.1) is 0 Å². The fourth-order valence-corrected chi connectivity index (χ4v) is 2.46. The second-order valence-electron chi connectivity index (χ2n) is 4.18. The SMILES string of the molecule is CC1(C)C2C(C(=O)O)NC[C@@H]21. The lowest BCUT2D eigenvalue weighted by Gasteiger charge is -2.14. The van der Waals surface area contributed by atoms with Crippen LogP contribution in [-0.4, -0.2) is 23.7 Å². The topological polar surface area (TPSA) is 49.3 Å². The third kappa shape index (κ3) is 0.745. The molecule has 3 nitrogen and oxygen atoms in total. The first-order chi connectivity index (χ1) is 5.05. The minimum absolute atomic E-state index is 0.272. The van der Waals surface area contributed by atoms with Gasteiger partial charge in [0.1, 0.15) is 6.04 Å². The quantitative estimate of drug-likeness (QED) is 0.573. The Labute approximate surface area is 65.8 Å². The summed E-state index contributed by atoms with van der Waals surface area (Å²) in [6, 6.07) is -0.282. The van der Waals surface area contributed by atoms with Gasteiger partial charge < -0.3 is 10.4 Å². The molecule has 0 amide bonds. The van der Waals surface area contributed by atoms with Gasteiger partial charge in [0.25, 0.3) is 0 Å². The van der Waals surface area contributed by atoms with E-state index in [2.05, 4.69) is 19.2 Å². The monoisotopic (exact) mass is 155 g/mol. The van der Waals surface area contributed by atoms with E-state index in [1.165, 1.54) is 0 Å². The van der Waals surface area contributed by atoms with E-state index in [4.69, 9.17) is 5.11 Å². The van der Waals surface area contributed by atoms with Crippen LogP contribution in [0.15, 0.2) is 0 Å². The van der Waals surface area contributed by atoms with Crippen molar-refractivity contribution in [3.05, 3.63) is 0 Å². The van der Waals surface area contributed by atoms with Gasteiger partial charge in [-0.3, -0.25) is 4.79 Å². The van der Waals surface area contributed by atoms with Crippen LogP contribution in [0.3, 0.4) is 0 Å². The van der Waals surface area contributed by atoms with E-state index in [0.717, 1.165) is 6.54 Å². The maximum absolute atomic E-state index is 10.7. The average molecular weight is 155 g/mol. The summed E-state index contributed by atoms with van der Waals surface area (Å²) < 4.78 is 0. The second-order valence-corrected chi connectivity index (χ2v) is 4.18. The van der Waals surface area contributed by atoms with Crippen molar-refractivity contribution in [1.82, 2.24) is 5.32 Å². The van der Waals surface area contributed by atoms with Crippen LogP contribution < -0.4 is 5.32 Å². The van der Waals surface area contributed by atoms with E-state index in [9.17, 15) is 4.79 Å². The van der Waals surface area contributed by atoms with Crippen LogP contribution in [0.4, 0.5) is 0 Å². The van der Waals surface area contributed by atoms with Gasteiger partial charge in [-0.25, -0.2) is 0 Å². The number of carboxylic acids is 1. The number of hydrogen-bond donors (Lipinski definition) is 2. The summed E-state index contributed by atoms with van der Waals surface area (Å²) in [6.45, 7) is 5.19. The van der Waals surface area contributed by atoms with Crippen LogP contribution in [0.2, 0.25) is 0 Å². The number of carboxylic acid groups (broad SMARTS) is 1. The number of fused-ring (bicyclic) bond motifs is 1. The largest absolute Gasteiger partial charge is 0.480 e. The number of aliphatic carboxylic acids is 1. The number of carbonyl (C=O) groups is 1. The molecule has 3 atom stereocenters. The van der Waals surface area contributed by atoms with Crippen molar-refractivity contribution < 1.29 is 9.90 Å². The van der Waals surface area contributed by atoms with E-state index >= 15 is 0 Å². The second kappa shape index (κ2) is 1.78. The van der Waals surface area contributed by atoms with Crippen LogP contribution >= 0.6 is 0 Å². The van der Waals surface area contributed by atoms with E-state index < -0.39 is 5.97 Å². The predicted molar refractivity (Wildman–Crippen MR) is 40.2 cm³/mol. The summed E-state index contributed by atoms with van der Waals surface area (Å²) in [7, 11) is 0. The molecule has 2 rings (SSSR count). The minimum Gasteiger partial charge on any atom is -0.480 e. The summed E-state index contributed by atoms with van der Waals surface area (Å²) in [4.78, 5) is 10.7. The standard InChI is InChI=1S/C8H13NO2/c1-8(2)4-3-9-6(5(4)8)7(10)11/h4-6,9H,3H2,1-2H3,(H,10,11)/t4-,5?,6?/m0/s1. The lowest BCUT2D eigenvalue weighted by molar-refractivity contribution is -0.139. The first-order valence-electron chi connectivity index (χ1n) is 4.01. The normalized spacial score (nSPS) is 45.1. The summed E-state index contributed by atoms with van der Waals surface area (Å²) in [5.74, 6) is 0.284. The number of nitrogens with one attached hydrogen (secondary N) is 1. The van der Waals surface area contributed by atoms with Crippen molar-refractivity contribution >= 4 is 5.97 Å². The van der Waals surface area contributed by atoms with Gasteiger partial charge in [-0.2, -0.15) is 0 Å². The molecule has 2 unspecified atom stereocenters. The van der Waals surface area contributed by atoms with Crippen molar-refractivity contribution in [2.45, 2.75) is 19.9 Å². The highest BCUT2D eigenvalue weighted by Gasteiger charge is 2.65. The Morgan fingerprint density at radius 2 is 2.27 bits per heavy atom. The fraction of sp³-hybridized carbons (Fsp3) is 0.875. The van der Waals surface area contributed by atoms with E-state index in [1.54, 1.807) is 0 Å². The highest BCUT2D eigenvalue weighted by molar-refractivity contribution is 5.75. The zero-order valence-electron chi connectivity index (χ0n) is 6.79. The van der Waals surface area contributed by atoms with Gasteiger partial charge in [-0.05, 0) is 23.8 Å². The van der Waals surface area contributed by atoms with Crippen LogP contribution in [0.1, 0.15) is 13.8 Å². The molecule has 0 bridgehead atoms. The minimum atomic E-state index is -0.692. The van der Waals surface area contributed by atoms with Gasteiger partial charge in [0.15, 0.2) is 0 Å². The number of hydrogen-bond acceptors (Lipinski definition) is 2. The molecule has 2 aliphatic rings.